The van der Waals surface area contributed by atoms with Crippen LogP contribution in [-0.2, 0) is 9.53 Å². The zero-order valence-electron chi connectivity index (χ0n) is 16.2. The van der Waals surface area contributed by atoms with Crippen LogP contribution in [0.3, 0.4) is 0 Å². The number of anilines is 2. The van der Waals surface area contributed by atoms with Crippen molar-refractivity contribution in [3.63, 3.8) is 0 Å². The number of nitrogens with zero attached hydrogens (tertiary/aromatic N) is 1. The van der Waals surface area contributed by atoms with E-state index in [-0.39, 0.29) is 16.8 Å². The van der Waals surface area contributed by atoms with E-state index in [0.29, 0.717) is 5.69 Å². The minimum absolute atomic E-state index is 0.0152. The summed E-state index contributed by atoms with van der Waals surface area (Å²) in [6, 6.07) is 20.8. The van der Waals surface area contributed by atoms with Crippen LogP contribution in [0.1, 0.15) is 20.7 Å². The first-order valence-corrected chi connectivity index (χ1v) is 9.11. The third kappa shape index (κ3) is 4.88. The normalized spacial score (nSPS) is 10.2. The summed E-state index contributed by atoms with van der Waals surface area (Å²) in [6.07, 6.45) is 0. The molecule has 0 atom stereocenters. The van der Waals surface area contributed by atoms with Gasteiger partial charge < -0.3 is 15.0 Å². The van der Waals surface area contributed by atoms with Crippen LogP contribution in [0, 0.1) is 5.82 Å². The molecular weight excluding hydrogens is 387 g/mol. The Bertz CT molecular complexity index is 1070. The first-order chi connectivity index (χ1) is 14.5. The summed E-state index contributed by atoms with van der Waals surface area (Å²) in [5, 5.41) is 2.33. The largest absolute Gasteiger partial charge is 0.452 e. The standard InChI is InChI=1S/C23H19FN2O4/c1-26(16-9-3-2-4-10-16)22(28)17-11-5-6-12-18(17)23(29)30-15-21(27)25-20-14-8-7-13-19(20)24/h2-14H,15H2,1H3,(H,25,27). The van der Waals surface area contributed by atoms with Crippen LogP contribution >= 0.6 is 0 Å². The number of hydrogen-bond acceptors (Lipinski definition) is 4. The fraction of sp³-hybridized carbons (Fsp3) is 0.0870. The topological polar surface area (TPSA) is 75.7 Å². The van der Waals surface area contributed by atoms with Crippen LogP contribution in [0.15, 0.2) is 78.9 Å². The lowest BCUT2D eigenvalue weighted by Crippen LogP contribution is -2.28. The number of para-hydroxylation sites is 2. The summed E-state index contributed by atoms with van der Waals surface area (Å²) in [4.78, 5) is 38.8. The van der Waals surface area contributed by atoms with Gasteiger partial charge in [0.1, 0.15) is 5.82 Å². The van der Waals surface area contributed by atoms with Crippen molar-refractivity contribution >= 4 is 29.2 Å². The smallest absolute Gasteiger partial charge is 0.339 e. The van der Waals surface area contributed by atoms with Gasteiger partial charge in [-0.2, -0.15) is 0 Å². The number of hydrogen-bond donors (Lipinski definition) is 1. The van der Waals surface area contributed by atoms with Gasteiger partial charge in [-0.25, -0.2) is 9.18 Å². The fourth-order valence-corrected chi connectivity index (χ4v) is 2.75. The van der Waals surface area contributed by atoms with Crippen LogP contribution in [0.2, 0.25) is 0 Å². The second kappa shape index (κ2) is 9.47. The number of ether oxygens (including phenoxy) is 1. The Morgan fingerprint density at radius 3 is 2.17 bits per heavy atom. The van der Waals surface area contributed by atoms with Gasteiger partial charge in [0.25, 0.3) is 11.8 Å². The predicted molar refractivity (Wildman–Crippen MR) is 111 cm³/mol. The monoisotopic (exact) mass is 406 g/mol. The van der Waals surface area contributed by atoms with Gasteiger partial charge in [0.15, 0.2) is 6.61 Å². The van der Waals surface area contributed by atoms with Crippen LogP contribution in [0.25, 0.3) is 0 Å². The van der Waals surface area contributed by atoms with Crippen molar-refractivity contribution < 1.29 is 23.5 Å². The number of carbonyl (C=O) groups is 3. The molecule has 0 heterocycles. The van der Waals surface area contributed by atoms with E-state index in [4.69, 9.17) is 4.74 Å². The maximum atomic E-state index is 13.6. The number of benzene rings is 3. The molecule has 3 aromatic rings. The van der Waals surface area contributed by atoms with E-state index in [0.717, 1.165) is 0 Å². The molecule has 0 bridgehead atoms. The minimum atomic E-state index is -0.830. The number of nitrogens with one attached hydrogen (secondary N) is 1. The molecule has 0 aromatic heterocycles. The molecule has 0 aliphatic heterocycles. The van der Waals surface area contributed by atoms with Gasteiger partial charge in [0.05, 0.1) is 16.8 Å². The summed E-state index contributed by atoms with van der Waals surface area (Å²) in [7, 11) is 1.60. The van der Waals surface area contributed by atoms with Crippen molar-refractivity contribution in [1.82, 2.24) is 0 Å². The van der Waals surface area contributed by atoms with Gasteiger partial charge in [-0.15, -0.1) is 0 Å². The lowest BCUT2D eigenvalue weighted by atomic mass is 10.1. The minimum Gasteiger partial charge on any atom is -0.452 e. The Labute approximate surface area is 172 Å². The summed E-state index contributed by atoms with van der Waals surface area (Å²) in [5.74, 6) is -2.52. The number of halogens is 1. The van der Waals surface area contributed by atoms with E-state index >= 15 is 0 Å². The first kappa shape index (κ1) is 20.7. The molecule has 0 saturated carbocycles. The van der Waals surface area contributed by atoms with Gasteiger partial charge in [-0.05, 0) is 36.4 Å². The van der Waals surface area contributed by atoms with Crippen molar-refractivity contribution in [3.8, 4) is 0 Å². The number of amides is 2. The molecule has 0 aliphatic rings. The SMILES string of the molecule is CN(C(=O)c1ccccc1C(=O)OCC(=O)Nc1ccccc1F)c1ccccc1. The molecule has 0 saturated heterocycles. The van der Waals surface area contributed by atoms with E-state index in [2.05, 4.69) is 5.32 Å². The Hall–Kier alpha value is -4.00. The quantitative estimate of drug-likeness (QED) is 0.630. The van der Waals surface area contributed by atoms with Crippen molar-refractivity contribution in [3.05, 3.63) is 95.8 Å². The second-order valence-corrected chi connectivity index (χ2v) is 6.35. The molecule has 0 aliphatic carbocycles. The van der Waals surface area contributed by atoms with Crippen molar-refractivity contribution in [2.45, 2.75) is 0 Å². The van der Waals surface area contributed by atoms with Gasteiger partial charge in [0.2, 0.25) is 0 Å². The lowest BCUT2D eigenvalue weighted by Gasteiger charge is -2.18. The highest BCUT2D eigenvalue weighted by Gasteiger charge is 2.22. The average molecular weight is 406 g/mol. The van der Waals surface area contributed by atoms with Crippen molar-refractivity contribution in [2.24, 2.45) is 0 Å². The van der Waals surface area contributed by atoms with E-state index < -0.39 is 30.2 Å². The molecule has 3 aromatic carbocycles. The molecule has 2 amide bonds. The first-order valence-electron chi connectivity index (χ1n) is 9.11. The molecular formula is C23H19FN2O4. The Morgan fingerprint density at radius 1 is 0.867 bits per heavy atom. The Balaban J connectivity index is 1.69. The van der Waals surface area contributed by atoms with Crippen LogP contribution in [0.5, 0.6) is 0 Å². The summed E-state index contributed by atoms with van der Waals surface area (Å²) in [5.41, 5.74) is 0.820. The molecule has 0 radical (unpaired) electrons. The molecule has 3 rings (SSSR count). The summed E-state index contributed by atoms with van der Waals surface area (Å²) in [6.45, 7) is -0.621. The molecule has 0 unspecified atom stereocenters. The summed E-state index contributed by atoms with van der Waals surface area (Å²) >= 11 is 0. The molecule has 152 valence electrons. The number of rotatable bonds is 6. The zero-order valence-corrected chi connectivity index (χ0v) is 16.2. The van der Waals surface area contributed by atoms with Crippen molar-refractivity contribution in [1.29, 1.82) is 0 Å². The number of carbonyl (C=O) groups excluding carboxylic acids is 3. The average Bonchev–Trinajstić information content (AvgIpc) is 2.78. The Kier molecular flexibility index (Phi) is 6.54. The van der Waals surface area contributed by atoms with Crippen molar-refractivity contribution in [2.75, 3.05) is 23.9 Å². The van der Waals surface area contributed by atoms with Gasteiger partial charge in [-0.3, -0.25) is 9.59 Å². The summed E-state index contributed by atoms with van der Waals surface area (Å²) < 4.78 is 18.6. The highest BCUT2D eigenvalue weighted by atomic mass is 19.1. The maximum absolute atomic E-state index is 13.6. The highest BCUT2D eigenvalue weighted by molar-refractivity contribution is 6.12. The third-order valence-corrected chi connectivity index (χ3v) is 4.31. The molecule has 1 N–H and O–H groups in total. The van der Waals surface area contributed by atoms with E-state index in [1.54, 1.807) is 49.5 Å². The maximum Gasteiger partial charge on any atom is 0.339 e. The molecule has 0 fully saturated rings. The lowest BCUT2D eigenvalue weighted by molar-refractivity contribution is -0.119. The number of esters is 1. The van der Waals surface area contributed by atoms with E-state index in [1.807, 2.05) is 6.07 Å². The second-order valence-electron chi connectivity index (χ2n) is 6.35. The predicted octanol–water partition coefficient (Wildman–Crippen LogP) is 3.90. The molecule has 6 nitrogen and oxygen atoms in total. The van der Waals surface area contributed by atoms with E-state index in [1.165, 1.54) is 35.2 Å². The van der Waals surface area contributed by atoms with E-state index in [9.17, 15) is 18.8 Å². The fourth-order valence-electron chi connectivity index (χ4n) is 2.75. The van der Waals surface area contributed by atoms with Crippen LogP contribution in [0.4, 0.5) is 15.8 Å². The van der Waals surface area contributed by atoms with Crippen LogP contribution < -0.4 is 10.2 Å². The third-order valence-electron chi connectivity index (χ3n) is 4.31. The zero-order chi connectivity index (χ0) is 21.5. The Morgan fingerprint density at radius 2 is 1.47 bits per heavy atom. The van der Waals surface area contributed by atoms with Gasteiger partial charge >= 0.3 is 5.97 Å². The molecule has 7 heteroatoms. The van der Waals surface area contributed by atoms with Gasteiger partial charge in [0, 0.05) is 12.7 Å². The highest BCUT2D eigenvalue weighted by Crippen LogP contribution is 2.18. The molecule has 30 heavy (non-hydrogen) atoms. The van der Waals surface area contributed by atoms with Crippen LogP contribution in [-0.4, -0.2) is 31.4 Å². The molecule has 0 spiro atoms. The van der Waals surface area contributed by atoms with Gasteiger partial charge in [-0.1, -0.05) is 42.5 Å².